The zero-order valence-corrected chi connectivity index (χ0v) is 16.0. The molecule has 1 aliphatic rings. The number of hydrogen-bond acceptors (Lipinski definition) is 5. The average Bonchev–Trinajstić information content (AvgIpc) is 2.92. The molecule has 2 aromatic heterocycles. The number of aromatic nitrogens is 2. The topological polar surface area (TPSA) is 62.0 Å². The molecule has 0 saturated carbocycles. The predicted molar refractivity (Wildman–Crippen MR) is 108 cm³/mol. The summed E-state index contributed by atoms with van der Waals surface area (Å²) in [7, 11) is 1.56. The van der Waals surface area contributed by atoms with Crippen molar-refractivity contribution in [1.29, 1.82) is 0 Å². The highest BCUT2D eigenvalue weighted by molar-refractivity contribution is 6.32. The van der Waals surface area contributed by atoms with Gasteiger partial charge in [0.05, 0.1) is 24.4 Å². The Hall–Kier alpha value is -2.28. The van der Waals surface area contributed by atoms with Crippen LogP contribution in [0.25, 0.3) is 16.9 Å². The summed E-state index contributed by atoms with van der Waals surface area (Å²) in [5.41, 5.74) is 4.37. The highest BCUT2D eigenvalue weighted by atomic mass is 35.5. The molecule has 0 unspecified atom stereocenters. The summed E-state index contributed by atoms with van der Waals surface area (Å²) >= 11 is 6.30. The Morgan fingerprint density at radius 3 is 2.96 bits per heavy atom. The van der Waals surface area contributed by atoms with Crippen molar-refractivity contribution in [3.8, 4) is 17.0 Å². The maximum Gasteiger partial charge on any atom is 0.139 e. The predicted octanol–water partition coefficient (Wildman–Crippen LogP) is 2.96. The molecule has 0 aliphatic carbocycles. The van der Waals surface area contributed by atoms with Gasteiger partial charge in [0, 0.05) is 49.3 Å². The summed E-state index contributed by atoms with van der Waals surface area (Å²) in [6, 6.07) is 7.79. The third-order valence-corrected chi connectivity index (χ3v) is 5.27. The van der Waals surface area contributed by atoms with Crippen LogP contribution in [0.2, 0.25) is 5.02 Å². The zero-order valence-electron chi connectivity index (χ0n) is 15.3. The van der Waals surface area contributed by atoms with Crippen molar-refractivity contribution in [3.05, 3.63) is 47.2 Å². The van der Waals surface area contributed by atoms with Crippen LogP contribution >= 0.6 is 11.6 Å². The molecule has 4 rings (SSSR count). The Balaban J connectivity index is 1.72. The highest BCUT2D eigenvalue weighted by Gasteiger charge is 2.15. The van der Waals surface area contributed by atoms with Crippen LogP contribution in [-0.4, -0.2) is 47.8 Å². The van der Waals surface area contributed by atoms with E-state index in [4.69, 9.17) is 21.3 Å². The first-order valence-electron chi connectivity index (χ1n) is 9.11. The number of hydrogen-bond donors (Lipinski definition) is 2. The standard InChI is InChI=1S/C20H23ClN4O2/c1-27-19-9-14(13-26)16(11-17(19)21)18-12-25-7-3-15(10-20(25)23-18)24-6-2-4-22-5-8-24/h3,7,9-12,22,26H,2,4-6,8,13H2,1H3. The van der Waals surface area contributed by atoms with E-state index >= 15 is 0 Å². The maximum atomic E-state index is 9.76. The number of fused-ring (bicyclic) bond motifs is 1. The molecule has 0 bridgehead atoms. The Morgan fingerprint density at radius 1 is 1.26 bits per heavy atom. The molecule has 3 aromatic rings. The molecule has 2 N–H and O–H groups in total. The lowest BCUT2D eigenvalue weighted by Crippen LogP contribution is -2.27. The Kier molecular flexibility index (Phi) is 5.20. The number of ether oxygens (including phenoxy) is 1. The third-order valence-electron chi connectivity index (χ3n) is 4.97. The van der Waals surface area contributed by atoms with E-state index in [1.165, 1.54) is 5.69 Å². The number of anilines is 1. The molecule has 6 nitrogen and oxygen atoms in total. The molecule has 1 saturated heterocycles. The summed E-state index contributed by atoms with van der Waals surface area (Å²) in [4.78, 5) is 7.16. The van der Waals surface area contributed by atoms with Crippen molar-refractivity contribution in [2.24, 2.45) is 0 Å². The smallest absolute Gasteiger partial charge is 0.139 e. The lowest BCUT2D eigenvalue weighted by atomic mass is 10.1. The highest BCUT2D eigenvalue weighted by Crippen LogP contribution is 2.34. The fourth-order valence-corrected chi connectivity index (χ4v) is 3.76. The number of halogens is 1. The molecule has 1 fully saturated rings. The monoisotopic (exact) mass is 386 g/mol. The van der Waals surface area contributed by atoms with Gasteiger partial charge in [0.25, 0.3) is 0 Å². The molecule has 7 heteroatoms. The van der Waals surface area contributed by atoms with Gasteiger partial charge in [-0.25, -0.2) is 4.98 Å². The van der Waals surface area contributed by atoms with E-state index in [2.05, 4.69) is 22.3 Å². The van der Waals surface area contributed by atoms with Crippen molar-refractivity contribution in [2.45, 2.75) is 13.0 Å². The van der Waals surface area contributed by atoms with E-state index < -0.39 is 0 Å². The van der Waals surface area contributed by atoms with Crippen LogP contribution < -0.4 is 15.0 Å². The van der Waals surface area contributed by atoms with Gasteiger partial charge in [0.2, 0.25) is 0 Å². The molecule has 0 atom stereocenters. The van der Waals surface area contributed by atoms with Crippen LogP contribution in [0.5, 0.6) is 5.75 Å². The number of benzene rings is 1. The molecule has 142 valence electrons. The van der Waals surface area contributed by atoms with Crippen molar-refractivity contribution < 1.29 is 9.84 Å². The largest absolute Gasteiger partial charge is 0.495 e. The molecule has 1 aliphatic heterocycles. The van der Waals surface area contributed by atoms with Crippen LogP contribution in [0.15, 0.2) is 36.7 Å². The van der Waals surface area contributed by atoms with E-state index in [9.17, 15) is 5.11 Å². The van der Waals surface area contributed by atoms with Gasteiger partial charge in [-0.2, -0.15) is 0 Å². The van der Waals surface area contributed by atoms with Gasteiger partial charge in [0.1, 0.15) is 11.4 Å². The number of pyridine rings is 1. The van der Waals surface area contributed by atoms with Crippen molar-refractivity contribution >= 4 is 22.9 Å². The normalized spacial score (nSPS) is 15.1. The van der Waals surface area contributed by atoms with E-state index in [-0.39, 0.29) is 6.61 Å². The van der Waals surface area contributed by atoms with Crippen LogP contribution in [0, 0.1) is 0 Å². The van der Waals surface area contributed by atoms with Gasteiger partial charge in [-0.15, -0.1) is 0 Å². The Morgan fingerprint density at radius 2 is 2.15 bits per heavy atom. The fraction of sp³-hybridized carbons (Fsp3) is 0.350. The summed E-state index contributed by atoms with van der Waals surface area (Å²) in [6.07, 6.45) is 5.12. The van der Waals surface area contributed by atoms with Crippen LogP contribution in [0.1, 0.15) is 12.0 Å². The van der Waals surface area contributed by atoms with E-state index in [1.54, 1.807) is 19.2 Å². The summed E-state index contributed by atoms with van der Waals surface area (Å²) in [6.45, 7) is 3.98. The number of nitrogens with zero attached hydrogens (tertiary/aromatic N) is 3. The summed E-state index contributed by atoms with van der Waals surface area (Å²) < 4.78 is 7.25. The van der Waals surface area contributed by atoms with Crippen LogP contribution in [0.3, 0.4) is 0 Å². The Bertz CT molecular complexity index is 949. The van der Waals surface area contributed by atoms with Gasteiger partial charge in [0.15, 0.2) is 0 Å². The lowest BCUT2D eigenvalue weighted by Gasteiger charge is -2.22. The Labute approximate surface area is 163 Å². The summed E-state index contributed by atoms with van der Waals surface area (Å²) in [5.74, 6) is 0.547. The van der Waals surface area contributed by atoms with Gasteiger partial charge in [-0.05, 0) is 36.7 Å². The van der Waals surface area contributed by atoms with Gasteiger partial charge >= 0.3 is 0 Å². The minimum Gasteiger partial charge on any atom is -0.495 e. The second kappa shape index (κ2) is 7.76. The SMILES string of the molecule is COc1cc(CO)c(-c2cn3ccc(N4CCCNCC4)cc3n2)cc1Cl. The molecule has 3 heterocycles. The van der Waals surface area contributed by atoms with Gasteiger partial charge < -0.3 is 24.5 Å². The molecule has 1 aromatic carbocycles. The maximum absolute atomic E-state index is 9.76. The van der Waals surface area contributed by atoms with Gasteiger partial charge in [-0.1, -0.05) is 11.6 Å². The molecule has 0 radical (unpaired) electrons. The zero-order chi connectivity index (χ0) is 18.8. The molecule has 0 spiro atoms. The average molecular weight is 387 g/mol. The van der Waals surface area contributed by atoms with E-state index in [1.807, 2.05) is 16.8 Å². The van der Waals surface area contributed by atoms with Crippen molar-refractivity contribution in [1.82, 2.24) is 14.7 Å². The number of aliphatic hydroxyl groups excluding tert-OH is 1. The van der Waals surface area contributed by atoms with Gasteiger partial charge in [-0.3, -0.25) is 0 Å². The molecular weight excluding hydrogens is 364 g/mol. The third kappa shape index (κ3) is 3.60. The second-order valence-electron chi connectivity index (χ2n) is 6.67. The van der Waals surface area contributed by atoms with Crippen LogP contribution in [0.4, 0.5) is 5.69 Å². The first-order valence-corrected chi connectivity index (χ1v) is 9.49. The minimum absolute atomic E-state index is 0.108. The second-order valence-corrected chi connectivity index (χ2v) is 7.08. The fourth-order valence-electron chi connectivity index (χ4n) is 3.52. The number of methoxy groups -OCH3 is 1. The van der Waals surface area contributed by atoms with Crippen molar-refractivity contribution in [3.63, 3.8) is 0 Å². The van der Waals surface area contributed by atoms with E-state index in [0.29, 0.717) is 10.8 Å². The number of nitrogens with one attached hydrogen (secondary N) is 1. The lowest BCUT2D eigenvalue weighted by molar-refractivity contribution is 0.281. The summed E-state index contributed by atoms with van der Waals surface area (Å²) in [5, 5.41) is 13.7. The number of imidazole rings is 1. The van der Waals surface area contributed by atoms with E-state index in [0.717, 1.165) is 55.1 Å². The molecule has 27 heavy (non-hydrogen) atoms. The van der Waals surface area contributed by atoms with Crippen LogP contribution in [-0.2, 0) is 6.61 Å². The molecule has 0 amide bonds. The number of rotatable bonds is 4. The first kappa shape index (κ1) is 18.1. The van der Waals surface area contributed by atoms with Crippen molar-refractivity contribution in [2.75, 3.05) is 38.2 Å². The minimum atomic E-state index is -0.108. The molecular formula is C20H23ClN4O2. The number of aliphatic hydroxyl groups is 1. The quantitative estimate of drug-likeness (QED) is 0.721. The first-order chi connectivity index (χ1) is 13.2.